The van der Waals surface area contributed by atoms with Gasteiger partial charge in [-0.05, 0) is 51.2 Å². The van der Waals surface area contributed by atoms with Gasteiger partial charge >= 0.3 is 0 Å². The minimum Gasteiger partial charge on any atom is -0.294 e. The molecular weight excluding hydrogens is 305 g/mol. The third-order valence-electron chi connectivity index (χ3n) is 3.60. The van der Waals surface area contributed by atoms with E-state index in [-0.39, 0.29) is 5.82 Å². The van der Waals surface area contributed by atoms with Crippen LogP contribution in [0.4, 0.5) is 4.39 Å². The molecule has 0 unspecified atom stereocenters. The molecule has 0 atom stereocenters. The molecule has 0 fully saturated rings. The molecule has 0 N–H and O–H groups in total. The van der Waals surface area contributed by atoms with Crippen LogP contribution in [0.25, 0.3) is 0 Å². The SMILES string of the molecule is Fc1ccc(CN2CCc3ccccc3C2)cc1Br. The van der Waals surface area contributed by atoms with Crippen molar-refractivity contribution >= 4 is 15.9 Å². The van der Waals surface area contributed by atoms with Gasteiger partial charge in [-0.3, -0.25) is 4.90 Å². The monoisotopic (exact) mass is 319 g/mol. The number of hydrogen-bond acceptors (Lipinski definition) is 1. The Balaban J connectivity index is 1.73. The first-order valence-electron chi connectivity index (χ1n) is 6.45. The summed E-state index contributed by atoms with van der Waals surface area (Å²) in [5.74, 6) is -0.201. The molecule has 0 aliphatic carbocycles. The molecule has 1 aliphatic heterocycles. The minimum absolute atomic E-state index is 0.201. The van der Waals surface area contributed by atoms with E-state index in [1.54, 1.807) is 0 Å². The Labute approximate surface area is 121 Å². The third-order valence-corrected chi connectivity index (χ3v) is 4.21. The molecular formula is C16H15BrFN. The van der Waals surface area contributed by atoms with Crippen molar-refractivity contribution < 1.29 is 4.39 Å². The van der Waals surface area contributed by atoms with E-state index in [9.17, 15) is 4.39 Å². The van der Waals surface area contributed by atoms with Crippen LogP contribution >= 0.6 is 15.9 Å². The van der Waals surface area contributed by atoms with Crippen molar-refractivity contribution in [2.45, 2.75) is 19.5 Å². The van der Waals surface area contributed by atoms with Crippen molar-refractivity contribution in [3.8, 4) is 0 Å². The molecule has 0 saturated carbocycles. The summed E-state index contributed by atoms with van der Waals surface area (Å²) in [6, 6.07) is 13.9. The van der Waals surface area contributed by atoms with Crippen LogP contribution in [0.15, 0.2) is 46.9 Å². The third kappa shape index (κ3) is 2.88. The van der Waals surface area contributed by atoms with E-state index in [1.807, 2.05) is 12.1 Å². The van der Waals surface area contributed by atoms with Crippen LogP contribution in [-0.2, 0) is 19.5 Å². The lowest BCUT2D eigenvalue weighted by atomic mass is 9.99. The van der Waals surface area contributed by atoms with Crippen LogP contribution in [-0.4, -0.2) is 11.4 Å². The molecule has 1 aliphatic rings. The average molecular weight is 320 g/mol. The highest BCUT2D eigenvalue weighted by Gasteiger charge is 2.15. The van der Waals surface area contributed by atoms with Gasteiger partial charge in [0.15, 0.2) is 0 Å². The number of halogens is 2. The topological polar surface area (TPSA) is 3.24 Å². The van der Waals surface area contributed by atoms with Gasteiger partial charge in [0, 0.05) is 19.6 Å². The van der Waals surface area contributed by atoms with Gasteiger partial charge in [-0.2, -0.15) is 0 Å². The van der Waals surface area contributed by atoms with E-state index < -0.39 is 0 Å². The van der Waals surface area contributed by atoms with E-state index in [4.69, 9.17) is 0 Å². The van der Waals surface area contributed by atoms with Gasteiger partial charge in [0.05, 0.1) is 4.47 Å². The van der Waals surface area contributed by atoms with Crippen LogP contribution < -0.4 is 0 Å². The molecule has 1 nitrogen and oxygen atoms in total. The predicted octanol–water partition coefficient (Wildman–Crippen LogP) is 4.15. The second-order valence-electron chi connectivity index (χ2n) is 4.98. The smallest absolute Gasteiger partial charge is 0.137 e. The molecule has 0 radical (unpaired) electrons. The highest BCUT2D eigenvalue weighted by Crippen LogP contribution is 2.22. The first-order valence-corrected chi connectivity index (χ1v) is 7.25. The molecule has 3 rings (SSSR count). The fourth-order valence-electron chi connectivity index (χ4n) is 2.59. The zero-order valence-electron chi connectivity index (χ0n) is 10.6. The standard InChI is InChI=1S/C16H15BrFN/c17-15-9-12(5-6-16(15)18)10-19-8-7-13-3-1-2-4-14(13)11-19/h1-6,9H,7-8,10-11H2. The maximum Gasteiger partial charge on any atom is 0.137 e. The van der Waals surface area contributed by atoms with Crippen LogP contribution in [0.5, 0.6) is 0 Å². The molecule has 3 heteroatoms. The fourth-order valence-corrected chi connectivity index (χ4v) is 3.01. The highest BCUT2D eigenvalue weighted by atomic mass is 79.9. The lowest BCUT2D eigenvalue weighted by Gasteiger charge is -2.28. The summed E-state index contributed by atoms with van der Waals surface area (Å²) in [5, 5.41) is 0. The van der Waals surface area contributed by atoms with Gasteiger partial charge in [0.25, 0.3) is 0 Å². The zero-order chi connectivity index (χ0) is 13.2. The Morgan fingerprint density at radius 3 is 2.68 bits per heavy atom. The van der Waals surface area contributed by atoms with Gasteiger partial charge in [0.2, 0.25) is 0 Å². The normalized spacial score (nSPS) is 15.3. The molecule has 0 amide bonds. The summed E-state index contributed by atoms with van der Waals surface area (Å²) >= 11 is 3.24. The quantitative estimate of drug-likeness (QED) is 0.804. The lowest BCUT2D eigenvalue weighted by Crippen LogP contribution is -2.29. The van der Waals surface area contributed by atoms with E-state index >= 15 is 0 Å². The molecule has 0 bridgehead atoms. The number of rotatable bonds is 2. The second-order valence-corrected chi connectivity index (χ2v) is 5.83. The Kier molecular flexibility index (Phi) is 3.67. The van der Waals surface area contributed by atoms with Crippen LogP contribution in [0.3, 0.4) is 0 Å². The Bertz CT molecular complexity index is 597. The molecule has 0 aromatic heterocycles. The van der Waals surface area contributed by atoms with E-state index in [0.717, 1.165) is 31.6 Å². The summed E-state index contributed by atoms with van der Waals surface area (Å²) < 4.78 is 13.8. The van der Waals surface area contributed by atoms with E-state index in [2.05, 4.69) is 45.1 Å². The first kappa shape index (κ1) is 12.8. The summed E-state index contributed by atoms with van der Waals surface area (Å²) in [5.41, 5.74) is 4.02. The predicted molar refractivity (Wildman–Crippen MR) is 78.4 cm³/mol. The summed E-state index contributed by atoms with van der Waals surface area (Å²) in [6.07, 6.45) is 1.10. The van der Waals surface area contributed by atoms with Gasteiger partial charge in [-0.15, -0.1) is 0 Å². The zero-order valence-corrected chi connectivity index (χ0v) is 12.2. The van der Waals surface area contributed by atoms with Crippen molar-refractivity contribution in [3.05, 3.63) is 69.4 Å². The average Bonchev–Trinajstić information content (AvgIpc) is 2.43. The van der Waals surface area contributed by atoms with Gasteiger partial charge in [0.1, 0.15) is 5.82 Å². The van der Waals surface area contributed by atoms with Crippen molar-refractivity contribution in [2.75, 3.05) is 6.54 Å². The highest BCUT2D eigenvalue weighted by molar-refractivity contribution is 9.10. The molecule has 0 spiro atoms. The van der Waals surface area contributed by atoms with Crippen molar-refractivity contribution in [1.29, 1.82) is 0 Å². The molecule has 0 saturated heterocycles. The Morgan fingerprint density at radius 1 is 1.11 bits per heavy atom. The van der Waals surface area contributed by atoms with Gasteiger partial charge in [-0.1, -0.05) is 30.3 Å². The first-order chi connectivity index (χ1) is 9.22. The lowest BCUT2D eigenvalue weighted by molar-refractivity contribution is 0.245. The van der Waals surface area contributed by atoms with Crippen molar-refractivity contribution in [3.63, 3.8) is 0 Å². The van der Waals surface area contributed by atoms with Crippen LogP contribution in [0.2, 0.25) is 0 Å². The molecule has 98 valence electrons. The molecule has 1 heterocycles. The van der Waals surface area contributed by atoms with Gasteiger partial charge < -0.3 is 0 Å². The summed E-state index contributed by atoms with van der Waals surface area (Å²) in [4.78, 5) is 2.40. The molecule has 2 aromatic carbocycles. The van der Waals surface area contributed by atoms with Crippen molar-refractivity contribution in [2.24, 2.45) is 0 Å². The number of benzene rings is 2. The number of hydrogen-bond donors (Lipinski definition) is 0. The summed E-state index contributed by atoms with van der Waals surface area (Å²) in [7, 11) is 0. The molecule has 2 aromatic rings. The second kappa shape index (κ2) is 5.43. The summed E-state index contributed by atoms with van der Waals surface area (Å²) in [6.45, 7) is 2.91. The van der Waals surface area contributed by atoms with Crippen LogP contribution in [0, 0.1) is 5.82 Å². The van der Waals surface area contributed by atoms with Crippen LogP contribution in [0.1, 0.15) is 16.7 Å². The largest absolute Gasteiger partial charge is 0.294 e. The molecule has 19 heavy (non-hydrogen) atoms. The maximum atomic E-state index is 13.2. The number of fused-ring (bicyclic) bond motifs is 1. The number of nitrogens with zero attached hydrogens (tertiary/aromatic N) is 1. The Morgan fingerprint density at radius 2 is 1.89 bits per heavy atom. The maximum absolute atomic E-state index is 13.2. The van der Waals surface area contributed by atoms with E-state index in [1.165, 1.54) is 17.2 Å². The van der Waals surface area contributed by atoms with Crippen molar-refractivity contribution in [1.82, 2.24) is 4.90 Å². The van der Waals surface area contributed by atoms with E-state index in [0.29, 0.717) is 4.47 Å². The Hall–Kier alpha value is -1.19. The minimum atomic E-state index is -0.201. The van der Waals surface area contributed by atoms with Gasteiger partial charge in [-0.25, -0.2) is 4.39 Å². The fraction of sp³-hybridized carbons (Fsp3) is 0.250.